The molecule has 2 amide bonds. The first-order valence-corrected chi connectivity index (χ1v) is 8.59. The highest BCUT2D eigenvalue weighted by atomic mass is 16.3. The van der Waals surface area contributed by atoms with Gasteiger partial charge in [-0.15, -0.1) is 0 Å². The molecule has 2 aromatic rings. The molecule has 1 saturated heterocycles. The first kappa shape index (κ1) is 16.5. The highest BCUT2D eigenvalue weighted by molar-refractivity contribution is 5.97. The van der Waals surface area contributed by atoms with E-state index in [1.54, 1.807) is 18.2 Å². The molecule has 0 aliphatic carbocycles. The molecule has 6 nitrogen and oxygen atoms in total. The third-order valence-corrected chi connectivity index (χ3v) is 4.46. The van der Waals surface area contributed by atoms with Crippen molar-refractivity contribution in [3.8, 4) is 0 Å². The second-order valence-electron chi connectivity index (χ2n) is 6.16. The summed E-state index contributed by atoms with van der Waals surface area (Å²) in [5.41, 5.74) is 1.96. The number of nitrogens with zero attached hydrogens (tertiary/aromatic N) is 3. The Morgan fingerprint density at radius 3 is 2.79 bits per heavy atom. The van der Waals surface area contributed by atoms with Crippen LogP contribution < -0.4 is 0 Å². The summed E-state index contributed by atoms with van der Waals surface area (Å²) < 4.78 is 5.27. The van der Waals surface area contributed by atoms with Gasteiger partial charge in [0.2, 0.25) is 5.91 Å². The highest BCUT2D eigenvalue weighted by Gasteiger charge is 2.22. The molecule has 3 rings (SSSR count). The molecule has 1 aromatic carbocycles. The molecule has 0 spiro atoms. The maximum Gasteiger partial charge on any atom is 0.254 e. The Labute approximate surface area is 141 Å². The Morgan fingerprint density at radius 1 is 1.17 bits per heavy atom. The fraction of sp³-hybridized carbons (Fsp3) is 0.500. The normalized spacial score (nSPS) is 15.5. The lowest BCUT2D eigenvalue weighted by molar-refractivity contribution is -0.131. The van der Waals surface area contributed by atoms with Crippen LogP contribution in [0.2, 0.25) is 0 Å². The smallest absolute Gasteiger partial charge is 0.254 e. The van der Waals surface area contributed by atoms with Crippen LogP contribution in [0.1, 0.15) is 43.0 Å². The number of hydrogen-bond acceptors (Lipinski definition) is 4. The van der Waals surface area contributed by atoms with Gasteiger partial charge in [0.15, 0.2) is 12.0 Å². The van der Waals surface area contributed by atoms with Gasteiger partial charge in [-0.05, 0) is 31.0 Å². The molecule has 0 atom stereocenters. The van der Waals surface area contributed by atoms with Gasteiger partial charge in [0, 0.05) is 38.2 Å². The maximum atomic E-state index is 12.7. The van der Waals surface area contributed by atoms with Crippen molar-refractivity contribution in [2.24, 2.45) is 0 Å². The second kappa shape index (κ2) is 7.47. The molecule has 24 heavy (non-hydrogen) atoms. The third-order valence-electron chi connectivity index (χ3n) is 4.46. The Hall–Kier alpha value is -2.37. The van der Waals surface area contributed by atoms with Crippen molar-refractivity contribution in [3.05, 3.63) is 30.2 Å². The maximum absolute atomic E-state index is 12.7. The number of rotatable bonds is 4. The molecule has 1 fully saturated rings. The van der Waals surface area contributed by atoms with Crippen LogP contribution >= 0.6 is 0 Å². The number of fused-ring (bicyclic) bond motifs is 1. The Balaban J connectivity index is 1.64. The van der Waals surface area contributed by atoms with Crippen LogP contribution in [0.4, 0.5) is 0 Å². The lowest BCUT2D eigenvalue weighted by Crippen LogP contribution is -2.37. The van der Waals surface area contributed by atoms with E-state index in [9.17, 15) is 9.59 Å². The van der Waals surface area contributed by atoms with Gasteiger partial charge in [-0.2, -0.15) is 0 Å². The third kappa shape index (κ3) is 3.58. The van der Waals surface area contributed by atoms with Gasteiger partial charge in [0.05, 0.1) is 0 Å². The van der Waals surface area contributed by atoms with E-state index in [-0.39, 0.29) is 11.8 Å². The topological polar surface area (TPSA) is 66.7 Å². The Kier molecular flexibility index (Phi) is 5.13. The average Bonchev–Trinajstić information content (AvgIpc) is 2.93. The molecule has 1 aromatic heterocycles. The Bertz CT molecular complexity index is 725. The summed E-state index contributed by atoms with van der Waals surface area (Å²) in [6, 6.07) is 5.31. The first-order valence-electron chi connectivity index (χ1n) is 8.59. The number of benzene rings is 1. The number of oxazole rings is 1. The number of carbonyl (C=O) groups excluding carboxylic acids is 2. The summed E-state index contributed by atoms with van der Waals surface area (Å²) in [4.78, 5) is 32.7. The largest absolute Gasteiger partial charge is 0.443 e. The van der Waals surface area contributed by atoms with E-state index < -0.39 is 0 Å². The molecular weight excluding hydrogens is 306 g/mol. The summed E-state index contributed by atoms with van der Waals surface area (Å²) >= 11 is 0. The molecule has 0 radical (unpaired) electrons. The van der Waals surface area contributed by atoms with Crippen LogP contribution in [0.5, 0.6) is 0 Å². The molecule has 6 heteroatoms. The lowest BCUT2D eigenvalue weighted by atomic mass is 10.1. The van der Waals surface area contributed by atoms with Crippen LogP contribution in [0.3, 0.4) is 0 Å². The van der Waals surface area contributed by atoms with Crippen molar-refractivity contribution in [1.82, 2.24) is 14.8 Å². The standard InChI is InChI=1S/C18H23N3O3/c1-2-3-5-17(22)20-8-4-9-21(11-10-20)18(23)14-6-7-15-16(12-14)24-13-19-15/h6-7,12-13H,2-5,8-11H2,1H3. The van der Waals surface area contributed by atoms with Crippen molar-refractivity contribution in [3.63, 3.8) is 0 Å². The van der Waals surface area contributed by atoms with E-state index in [2.05, 4.69) is 11.9 Å². The van der Waals surface area contributed by atoms with Gasteiger partial charge >= 0.3 is 0 Å². The number of carbonyl (C=O) groups is 2. The molecule has 0 saturated carbocycles. The zero-order valence-corrected chi connectivity index (χ0v) is 14.0. The van der Waals surface area contributed by atoms with Crippen LogP contribution in [0.15, 0.2) is 29.0 Å². The average molecular weight is 329 g/mol. The van der Waals surface area contributed by atoms with Crippen molar-refractivity contribution in [1.29, 1.82) is 0 Å². The first-order chi connectivity index (χ1) is 11.7. The Morgan fingerprint density at radius 2 is 1.96 bits per heavy atom. The van der Waals surface area contributed by atoms with Gasteiger partial charge in [-0.3, -0.25) is 9.59 Å². The molecule has 0 bridgehead atoms. The monoisotopic (exact) mass is 329 g/mol. The number of unbranched alkanes of at least 4 members (excludes halogenated alkanes) is 1. The van der Waals surface area contributed by atoms with Crippen molar-refractivity contribution >= 4 is 22.9 Å². The predicted molar refractivity (Wildman–Crippen MR) is 90.6 cm³/mol. The van der Waals surface area contributed by atoms with E-state index in [0.717, 1.165) is 31.3 Å². The van der Waals surface area contributed by atoms with E-state index in [4.69, 9.17) is 4.42 Å². The number of aromatic nitrogens is 1. The molecule has 2 heterocycles. The minimum atomic E-state index is -0.0174. The fourth-order valence-corrected chi connectivity index (χ4v) is 3.03. The van der Waals surface area contributed by atoms with Crippen molar-refractivity contribution in [2.75, 3.05) is 26.2 Å². The van der Waals surface area contributed by atoms with Gasteiger partial charge in [-0.25, -0.2) is 4.98 Å². The van der Waals surface area contributed by atoms with Gasteiger partial charge in [-0.1, -0.05) is 13.3 Å². The molecular formula is C18H23N3O3. The van der Waals surface area contributed by atoms with Crippen LogP contribution in [-0.4, -0.2) is 52.8 Å². The minimum Gasteiger partial charge on any atom is -0.443 e. The molecule has 1 aliphatic rings. The SMILES string of the molecule is CCCCC(=O)N1CCCN(C(=O)c2ccc3ncoc3c2)CC1. The zero-order chi connectivity index (χ0) is 16.9. The molecule has 0 N–H and O–H groups in total. The van der Waals surface area contributed by atoms with Crippen LogP contribution in [0, 0.1) is 0 Å². The summed E-state index contributed by atoms with van der Waals surface area (Å²) in [6.07, 6.45) is 4.74. The summed E-state index contributed by atoms with van der Waals surface area (Å²) in [7, 11) is 0. The van der Waals surface area contributed by atoms with E-state index in [1.807, 2.05) is 9.80 Å². The summed E-state index contributed by atoms with van der Waals surface area (Å²) in [6.45, 7) is 4.67. The molecule has 1 aliphatic heterocycles. The van der Waals surface area contributed by atoms with E-state index >= 15 is 0 Å². The predicted octanol–water partition coefficient (Wildman–Crippen LogP) is 2.69. The number of amides is 2. The minimum absolute atomic E-state index is 0.0174. The van der Waals surface area contributed by atoms with Gasteiger partial charge < -0.3 is 14.2 Å². The highest BCUT2D eigenvalue weighted by Crippen LogP contribution is 2.17. The van der Waals surface area contributed by atoms with Crippen LogP contribution in [-0.2, 0) is 4.79 Å². The van der Waals surface area contributed by atoms with Crippen LogP contribution in [0.25, 0.3) is 11.1 Å². The zero-order valence-electron chi connectivity index (χ0n) is 14.0. The van der Waals surface area contributed by atoms with Gasteiger partial charge in [0.1, 0.15) is 5.52 Å². The van der Waals surface area contributed by atoms with Gasteiger partial charge in [0.25, 0.3) is 5.91 Å². The van der Waals surface area contributed by atoms with Crippen molar-refractivity contribution in [2.45, 2.75) is 32.6 Å². The summed E-state index contributed by atoms with van der Waals surface area (Å²) in [5, 5.41) is 0. The molecule has 128 valence electrons. The lowest BCUT2D eigenvalue weighted by Gasteiger charge is -2.22. The molecule has 0 unspecified atom stereocenters. The summed E-state index contributed by atoms with van der Waals surface area (Å²) in [5.74, 6) is 0.186. The van der Waals surface area contributed by atoms with E-state index in [0.29, 0.717) is 37.2 Å². The quantitative estimate of drug-likeness (QED) is 0.865. The number of hydrogen-bond donors (Lipinski definition) is 0. The van der Waals surface area contributed by atoms with E-state index in [1.165, 1.54) is 6.39 Å². The van der Waals surface area contributed by atoms with Crippen molar-refractivity contribution < 1.29 is 14.0 Å². The fourth-order valence-electron chi connectivity index (χ4n) is 3.03. The second-order valence-corrected chi connectivity index (χ2v) is 6.16.